The lowest BCUT2D eigenvalue weighted by Crippen LogP contribution is -2.49. The Balaban J connectivity index is 2.75. The van der Waals surface area contributed by atoms with E-state index in [1.807, 2.05) is 13.8 Å². The van der Waals surface area contributed by atoms with Crippen molar-refractivity contribution in [2.45, 2.75) is 72.0 Å². The van der Waals surface area contributed by atoms with Gasteiger partial charge in [0.15, 0.2) is 0 Å². The number of carbonyl (C=O) groups is 1. The van der Waals surface area contributed by atoms with Crippen LogP contribution in [-0.2, 0) is 4.79 Å². The van der Waals surface area contributed by atoms with Crippen molar-refractivity contribution < 1.29 is 4.79 Å². The van der Waals surface area contributed by atoms with Crippen molar-refractivity contribution >= 4 is 5.91 Å². The summed E-state index contributed by atoms with van der Waals surface area (Å²) in [6.45, 7) is 10.5. The lowest BCUT2D eigenvalue weighted by atomic mass is 9.96. The molecular weight excluding hydrogens is 212 g/mol. The second-order valence-corrected chi connectivity index (χ2v) is 5.75. The highest BCUT2D eigenvalue weighted by atomic mass is 16.2. The van der Waals surface area contributed by atoms with Crippen LogP contribution in [0.3, 0.4) is 0 Å². The summed E-state index contributed by atoms with van der Waals surface area (Å²) in [6.07, 6.45) is 3.45. The van der Waals surface area contributed by atoms with Gasteiger partial charge in [-0.05, 0) is 32.6 Å². The van der Waals surface area contributed by atoms with E-state index in [2.05, 4.69) is 25.7 Å². The molecule has 1 aliphatic carbocycles. The number of nitrogens with zero attached hydrogens (tertiary/aromatic N) is 1. The Bertz CT molecular complexity index is 261. The highest BCUT2D eigenvalue weighted by Crippen LogP contribution is 2.32. The average molecular weight is 240 g/mol. The van der Waals surface area contributed by atoms with Crippen LogP contribution in [0.25, 0.3) is 0 Å². The summed E-state index contributed by atoms with van der Waals surface area (Å²) in [6, 6.07) is 0.752. The van der Waals surface area contributed by atoms with Gasteiger partial charge in [0, 0.05) is 18.1 Å². The minimum absolute atomic E-state index is 0.0621. The molecule has 0 bridgehead atoms. The van der Waals surface area contributed by atoms with Crippen LogP contribution >= 0.6 is 0 Å². The molecule has 4 unspecified atom stereocenters. The standard InChI is InChI=1S/C14H28N2O/c1-6-9(2)12(5)16(13-7-8-13)14(17)10(3)11(4)15/h9-13H,6-8,15H2,1-5H3. The van der Waals surface area contributed by atoms with Crippen molar-refractivity contribution in [3.8, 4) is 0 Å². The molecule has 0 aromatic rings. The van der Waals surface area contributed by atoms with Crippen LogP contribution < -0.4 is 5.73 Å². The Morgan fingerprint density at radius 1 is 1.29 bits per heavy atom. The zero-order chi connectivity index (χ0) is 13.2. The Morgan fingerprint density at radius 3 is 2.18 bits per heavy atom. The first-order valence-corrected chi connectivity index (χ1v) is 6.97. The van der Waals surface area contributed by atoms with E-state index in [4.69, 9.17) is 5.73 Å². The summed E-state index contributed by atoms with van der Waals surface area (Å²) < 4.78 is 0. The third-order valence-electron chi connectivity index (χ3n) is 4.28. The van der Waals surface area contributed by atoms with E-state index >= 15 is 0 Å². The third kappa shape index (κ3) is 3.44. The molecule has 4 atom stereocenters. The van der Waals surface area contributed by atoms with Crippen molar-refractivity contribution in [2.24, 2.45) is 17.6 Å². The van der Waals surface area contributed by atoms with Crippen LogP contribution in [0.5, 0.6) is 0 Å². The second-order valence-electron chi connectivity index (χ2n) is 5.75. The molecule has 1 fully saturated rings. The monoisotopic (exact) mass is 240 g/mol. The molecule has 3 heteroatoms. The minimum atomic E-state index is -0.0675. The molecule has 0 aliphatic heterocycles. The first-order valence-electron chi connectivity index (χ1n) is 6.97. The largest absolute Gasteiger partial charge is 0.336 e. The Labute approximate surface area is 106 Å². The maximum Gasteiger partial charge on any atom is 0.227 e. The van der Waals surface area contributed by atoms with E-state index < -0.39 is 0 Å². The molecule has 17 heavy (non-hydrogen) atoms. The lowest BCUT2D eigenvalue weighted by Gasteiger charge is -2.35. The molecule has 2 N–H and O–H groups in total. The number of carbonyl (C=O) groups excluding carboxylic acids is 1. The van der Waals surface area contributed by atoms with Crippen LogP contribution in [0.2, 0.25) is 0 Å². The molecule has 0 aromatic heterocycles. The second kappa shape index (κ2) is 5.85. The fourth-order valence-electron chi connectivity index (χ4n) is 2.14. The van der Waals surface area contributed by atoms with E-state index in [0.29, 0.717) is 18.0 Å². The fraction of sp³-hybridized carbons (Fsp3) is 0.929. The lowest BCUT2D eigenvalue weighted by molar-refractivity contribution is -0.139. The normalized spacial score (nSPS) is 22.7. The zero-order valence-electron chi connectivity index (χ0n) is 11.9. The highest BCUT2D eigenvalue weighted by Gasteiger charge is 2.39. The molecule has 100 valence electrons. The summed E-state index contributed by atoms with van der Waals surface area (Å²) >= 11 is 0. The van der Waals surface area contributed by atoms with Gasteiger partial charge in [0.25, 0.3) is 0 Å². The topological polar surface area (TPSA) is 46.3 Å². The van der Waals surface area contributed by atoms with Gasteiger partial charge in [-0.2, -0.15) is 0 Å². The van der Waals surface area contributed by atoms with Gasteiger partial charge in [-0.3, -0.25) is 4.79 Å². The molecule has 0 saturated heterocycles. The van der Waals surface area contributed by atoms with Gasteiger partial charge >= 0.3 is 0 Å². The molecule has 1 saturated carbocycles. The van der Waals surface area contributed by atoms with Gasteiger partial charge in [0.2, 0.25) is 5.91 Å². The maximum absolute atomic E-state index is 12.5. The predicted molar refractivity (Wildman–Crippen MR) is 71.6 cm³/mol. The van der Waals surface area contributed by atoms with Gasteiger partial charge in [0.1, 0.15) is 0 Å². The molecule has 0 aromatic carbocycles. The Morgan fingerprint density at radius 2 is 1.82 bits per heavy atom. The third-order valence-corrected chi connectivity index (χ3v) is 4.28. The number of nitrogens with two attached hydrogens (primary N) is 1. The summed E-state index contributed by atoms with van der Waals surface area (Å²) in [4.78, 5) is 14.6. The molecule has 0 spiro atoms. The van der Waals surface area contributed by atoms with Gasteiger partial charge in [0.05, 0.1) is 5.92 Å². The first kappa shape index (κ1) is 14.5. The summed E-state index contributed by atoms with van der Waals surface area (Å²) in [5.41, 5.74) is 5.86. The molecule has 0 radical (unpaired) electrons. The van der Waals surface area contributed by atoms with Crippen LogP contribution in [0.1, 0.15) is 53.9 Å². The van der Waals surface area contributed by atoms with E-state index in [0.717, 1.165) is 19.3 Å². The van der Waals surface area contributed by atoms with Crippen molar-refractivity contribution in [3.63, 3.8) is 0 Å². The number of rotatable bonds is 6. The summed E-state index contributed by atoms with van der Waals surface area (Å²) in [5.74, 6) is 0.734. The van der Waals surface area contributed by atoms with Crippen LogP contribution in [0.15, 0.2) is 0 Å². The van der Waals surface area contributed by atoms with Crippen LogP contribution in [0.4, 0.5) is 0 Å². The Hall–Kier alpha value is -0.570. The van der Waals surface area contributed by atoms with E-state index in [9.17, 15) is 4.79 Å². The molecule has 0 heterocycles. The number of hydrogen-bond acceptors (Lipinski definition) is 2. The van der Waals surface area contributed by atoms with Gasteiger partial charge in [-0.25, -0.2) is 0 Å². The maximum atomic E-state index is 12.5. The van der Waals surface area contributed by atoms with E-state index in [1.165, 1.54) is 0 Å². The smallest absolute Gasteiger partial charge is 0.227 e. The molecular formula is C14H28N2O. The molecule has 1 amide bonds. The van der Waals surface area contributed by atoms with Crippen LogP contribution in [0, 0.1) is 11.8 Å². The van der Waals surface area contributed by atoms with Crippen molar-refractivity contribution in [3.05, 3.63) is 0 Å². The summed E-state index contributed by atoms with van der Waals surface area (Å²) in [7, 11) is 0. The molecule has 1 aliphatic rings. The highest BCUT2D eigenvalue weighted by molar-refractivity contribution is 5.80. The Kier molecular flexibility index (Phi) is 4.99. The quantitative estimate of drug-likeness (QED) is 0.775. The first-order chi connectivity index (χ1) is 7.90. The fourth-order valence-corrected chi connectivity index (χ4v) is 2.14. The zero-order valence-corrected chi connectivity index (χ0v) is 11.9. The van der Waals surface area contributed by atoms with Crippen molar-refractivity contribution in [1.29, 1.82) is 0 Å². The number of amides is 1. The predicted octanol–water partition coefficient (Wildman–Crippen LogP) is 2.40. The summed E-state index contributed by atoms with van der Waals surface area (Å²) in [5, 5.41) is 0. The average Bonchev–Trinajstić information content (AvgIpc) is 3.10. The minimum Gasteiger partial charge on any atom is -0.336 e. The molecule has 1 rings (SSSR count). The molecule has 3 nitrogen and oxygen atoms in total. The number of hydrogen-bond donors (Lipinski definition) is 1. The van der Waals surface area contributed by atoms with Gasteiger partial charge in [-0.15, -0.1) is 0 Å². The van der Waals surface area contributed by atoms with Crippen molar-refractivity contribution in [2.75, 3.05) is 0 Å². The van der Waals surface area contributed by atoms with Crippen LogP contribution in [-0.4, -0.2) is 28.9 Å². The van der Waals surface area contributed by atoms with Gasteiger partial charge < -0.3 is 10.6 Å². The van der Waals surface area contributed by atoms with Crippen molar-refractivity contribution in [1.82, 2.24) is 4.90 Å². The SMILES string of the molecule is CCC(C)C(C)N(C(=O)C(C)C(C)N)C1CC1. The van der Waals surface area contributed by atoms with E-state index in [1.54, 1.807) is 0 Å². The van der Waals surface area contributed by atoms with E-state index in [-0.39, 0.29) is 17.9 Å². The van der Waals surface area contributed by atoms with Gasteiger partial charge in [-0.1, -0.05) is 27.2 Å².